The molecule has 0 bridgehead atoms. The lowest BCUT2D eigenvalue weighted by Gasteiger charge is -2.36. The molecule has 2 aromatic rings. The summed E-state index contributed by atoms with van der Waals surface area (Å²) in [5.41, 5.74) is 0.606. The summed E-state index contributed by atoms with van der Waals surface area (Å²) in [5.74, 6) is 0. The van der Waals surface area contributed by atoms with Crippen LogP contribution in [0.3, 0.4) is 0 Å². The van der Waals surface area contributed by atoms with Crippen LogP contribution in [0.1, 0.15) is 20.8 Å². The lowest BCUT2D eigenvalue weighted by molar-refractivity contribution is -0.247. The van der Waals surface area contributed by atoms with Crippen molar-refractivity contribution in [1.29, 1.82) is 0 Å². The zero-order valence-electron chi connectivity index (χ0n) is 12.0. The Bertz CT molecular complexity index is 688. The van der Waals surface area contributed by atoms with Gasteiger partial charge in [0, 0.05) is 18.8 Å². The number of aromatic nitrogens is 2. The number of halogens is 2. The molecule has 0 aromatic carbocycles. The van der Waals surface area contributed by atoms with Gasteiger partial charge in [0.15, 0.2) is 0 Å². The van der Waals surface area contributed by atoms with Gasteiger partial charge in [-0.1, -0.05) is 23.2 Å². The zero-order chi connectivity index (χ0) is 15.9. The Hall–Kier alpha value is -1.24. The van der Waals surface area contributed by atoms with Gasteiger partial charge in [-0.15, -0.1) is 11.3 Å². The van der Waals surface area contributed by atoms with Crippen LogP contribution in [0, 0.1) is 0 Å². The van der Waals surface area contributed by atoms with Gasteiger partial charge in [-0.05, 0) is 26.8 Å². The number of nitrogens with zero attached hydrogens (tertiary/aromatic N) is 3. The van der Waals surface area contributed by atoms with Crippen molar-refractivity contribution in [2.24, 2.45) is 7.05 Å². The molecular formula is C13H14Cl2N3O2S-. The zero-order valence-corrected chi connectivity index (χ0v) is 14.3. The number of carbonyl (C=O) groups excluding carboxylic acids is 1. The lowest BCUT2D eigenvalue weighted by Crippen LogP contribution is -2.51. The van der Waals surface area contributed by atoms with E-state index in [1.807, 2.05) is 0 Å². The molecule has 0 fully saturated rings. The monoisotopic (exact) mass is 346 g/mol. The number of thiophene rings is 1. The minimum Gasteiger partial charge on any atom is -0.530 e. The molecule has 0 aliphatic rings. The number of aryl methyl sites for hydroxylation is 1. The highest BCUT2D eigenvalue weighted by molar-refractivity contribution is 7.21. The van der Waals surface area contributed by atoms with E-state index in [1.54, 1.807) is 44.8 Å². The maximum absolute atomic E-state index is 11.5. The fourth-order valence-corrected chi connectivity index (χ4v) is 4.03. The van der Waals surface area contributed by atoms with Gasteiger partial charge in [0.2, 0.25) is 0 Å². The van der Waals surface area contributed by atoms with Gasteiger partial charge < -0.3 is 14.8 Å². The minimum absolute atomic E-state index is 0.285. The predicted molar refractivity (Wildman–Crippen MR) is 84.2 cm³/mol. The van der Waals surface area contributed by atoms with Gasteiger partial charge in [0.1, 0.15) is 15.4 Å². The van der Waals surface area contributed by atoms with Crippen molar-refractivity contribution >= 4 is 45.6 Å². The maximum atomic E-state index is 11.5. The molecule has 0 saturated carbocycles. The largest absolute Gasteiger partial charge is 0.530 e. The highest BCUT2D eigenvalue weighted by atomic mass is 35.5. The number of hydrogen-bond acceptors (Lipinski definition) is 4. The van der Waals surface area contributed by atoms with E-state index in [4.69, 9.17) is 23.2 Å². The second-order valence-corrected chi connectivity index (χ2v) is 7.46. The van der Waals surface area contributed by atoms with E-state index in [2.05, 4.69) is 5.10 Å². The van der Waals surface area contributed by atoms with Crippen molar-refractivity contribution in [1.82, 2.24) is 9.78 Å². The molecule has 0 radical (unpaired) electrons. The van der Waals surface area contributed by atoms with Crippen LogP contribution in [0.2, 0.25) is 9.36 Å². The van der Waals surface area contributed by atoms with E-state index >= 15 is 0 Å². The lowest BCUT2D eigenvalue weighted by atomic mass is 10.1. The second kappa shape index (κ2) is 5.51. The van der Waals surface area contributed by atoms with Gasteiger partial charge >= 0.3 is 0 Å². The molecule has 0 saturated heterocycles. The first kappa shape index (κ1) is 16.1. The number of amides is 1. The molecule has 1 amide bonds. The molecule has 5 nitrogen and oxygen atoms in total. The summed E-state index contributed by atoms with van der Waals surface area (Å²) in [5, 5.41) is 16.2. The molecule has 2 heterocycles. The van der Waals surface area contributed by atoms with Crippen LogP contribution in [0.15, 0.2) is 12.3 Å². The number of rotatable bonds is 2. The highest BCUT2D eigenvalue weighted by Gasteiger charge is 2.30. The molecule has 0 unspecified atom stereocenters. The molecule has 2 aromatic heterocycles. The van der Waals surface area contributed by atoms with Crippen molar-refractivity contribution in [3.05, 3.63) is 21.6 Å². The Morgan fingerprint density at radius 3 is 2.48 bits per heavy atom. The van der Waals surface area contributed by atoms with Crippen LogP contribution in [-0.2, 0) is 7.05 Å². The average Bonchev–Trinajstić information content (AvgIpc) is 2.82. The third-order valence-corrected chi connectivity index (χ3v) is 4.79. The topological polar surface area (TPSA) is 61.2 Å². The Kier molecular flexibility index (Phi) is 4.24. The average molecular weight is 347 g/mol. The normalized spacial score (nSPS) is 11.7. The Morgan fingerprint density at radius 1 is 1.43 bits per heavy atom. The van der Waals surface area contributed by atoms with E-state index in [1.165, 1.54) is 0 Å². The van der Waals surface area contributed by atoms with Crippen LogP contribution in [-0.4, -0.2) is 21.4 Å². The smallest absolute Gasteiger partial charge is 0.142 e. The first-order chi connectivity index (χ1) is 9.64. The van der Waals surface area contributed by atoms with Crippen LogP contribution in [0.4, 0.5) is 9.80 Å². The number of carboxylic acid groups (broad SMARTS) is 1. The molecule has 0 atom stereocenters. The third-order valence-electron chi connectivity index (χ3n) is 2.92. The van der Waals surface area contributed by atoms with Gasteiger partial charge in [0.05, 0.1) is 16.3 Å². The first-order valence-electron chi connectivity index (χ1n) is 6.12. The summed E-state index contributed by atoms with van der Waals surface area (Å²) in [6.45, 7) is 5.28. The quantitative estimate of drug-likeness (QED) is 0.836. The van der Waals surface area contributed by atoms with E-state index < -0.39 is 11.6 Å². The van der Waals surface area contributed by atoms with Gasteiger partial charge in [-0.2, -0.15) is 5.10 Å². The predicted octanol–water partition coefficient (Wildman–Crippen LogP) is 3.40. The summed E-state index contributed by atoms with van der Waals surface area (Å²) >= 11 is 13.8. The molecule has 8 heteroatoms. The van der Waals surface area contributed by atoms with Crippen molar-refractivity contribution < 1.29 is 9.90 Å². The van der Waals surface area contributed by atoms with Crippen molar-refractivity contribution in [2.45, 2.75) is 26.3 Å². The van der Waals surface area contributed by atoms with Crippen molar-refractivity contribution in [2.75, 3.05) is 4.90 Å². The summed E-state index contributed by atoms with van der Waals surface area (Å²) < 4.78 is 2.04. The minimum atomic E-state index is -1.32. The second-order valence-electron chi connectivity index (χ2n) is 5.48. The summed E-state index contributed by atoms with van der Waals surface area (Å²) in [4.78, 5) is 12.6. The number of carbonyl (C=O) groups is 1. The first-order valence-corrected chi connectivity index (χ1v) is 7.69. The van der Waals surface area contributed by atoms with Crippen LogP contribution < -0.4 is 10.0 Å². The molecule has 0 aliphatic heterocycles. The summed E-state index contributed by atoms with van der Waals surface area (Å²) in [6, 6.07) is 1.77. The van der Waals surface area contributed by atoms with Gasteiger partial charge in [-0.3, -0.25) is 4.68 Å². The molecule has 2 rings (SSSR count). The third kappa shape index (κ3) is 2.88. The fourth-order valence-electron chi connectivity index (χ4n) is 2.01. The van der Waals surface area contributed by atoms with Crippen LogP contribution >= 0.6 is 34.5 Å². The molecular weight excluding hydrogens is 333 g/mol. The van der Waals surface area contributed by atoms with E-state index in [0.29, 0.717) is 14.9 Å². The van der Waals surface area contributed by atoms with Crippen molar-refractivity contribution in [3.63, 3.8) is 0 Å². The van der Waals surface area contributed by atoms with E-state index in [-0.39, 0.29) is 5.02 Å². The molecule has 0 spiro atoms. The van der Waals surface area contributed by atoms with E-state index in [9.17, 15) is 9.90 Å². The van der Waals surface area contributed by atoms with Crippen LogP contribution in [0.25, 0.3) is 11.3 Å². The summed E-state index contributed by atoms with van der Waals surface area (Å²) in [6.07, 6.45) is 0.304. The van der Waals surface area contributed by atoms with Crippen LogP contribution in [0.5, 0.6) is 0 Å². The van der Waals surface area contributed by atoms with E-state index in [0.717, 1.165) is 21.9 Å². The molecule has 0 N–H and O–H groups in total. The molecule has 21 heavy (non-hydrogen) atoms. The summed E-state index contributed by atoms with van der Waals surface area (Å²) in [7, 11) is 1.76. The molecule has 114 valence electrons. The maximum Gasteiger partial charge on any atom is 0.142 e. The fraction of sp³-hybridized carbons (Fsp3) is 0.385. The molecule has 0 aliphatic carbocycles. The standard InChI is InChI=1S/C13H15Cl2N3O2S/c1-13(2,3)18(12(19)20)11-9(14)8(10(15)21-11)7-5-6-16-17(7)4/h5-6H,1-4H3,(H,19,20)/p-1. The Morgan fingerprint density at radius 2 is 2.05 bits per heavy atom. The Labute approximate surface area is 136 Å². The number of anilines is 1. The Balaban J connectivity index is 2.64. The SMILES string of the molecule is Cn1nccc1-c1c(Cl)sc(N(C(=O)[O-])C(C)(C)C)c1Cl. The number of hydrogen-bond donors (Lipinski definition) is 0. The van der Waals surface area contributed by atoms with Crippen molar-refractivity contribution in [3.8, 4) is 11.3 Å². The highest BCUT2D eigenvalue weighted by Crippen LogP contribution is 2.49. The van der Waals surface area contributed by atoms with Gasteiger partial charge in [0.25, 0.3) is 0 Å². The van der Waals surface area contributed by atoms with Gasteiger partial charge in [-0.25, -0.2) is 0 Å².